The molecule has 4 heteroatoms. The number of hydrogen-bond acceptors (Lipinski definition) is 3. The summed E-state index contributed by atoms with van der Waals surface area (Å²) < 4.78 is 0. The number of rotatable bonds is 1. The molecule has 0 atom stereocenters. The van der Waals surface area contributed by atoms with Gasteiger partial charge in [0.25, 0.3) is 0 Å². The molecule has 1 heterocycles. The lowest BCUT2D eigenvalue weighted by atomic mass is 9.98. The predicted molar refractivity (Wildman–Crippen MR) is 68.5 cm³/mol. The summed E-state index contributed by atoms with van der Waals surface area (Å²) in [6, 6.07) is 5.19. The van der Waals surface area contributed by atoms with Crippen LogP contribution in [-0.2, 0) is 0 Å². The van der Waals surface area contributed by atoms with Gasteiger partial charge in [-0.25, -0.2) is 4.79 Å². The molecule has 0 unspecified atom stereocenters. The van der Waals surface area contributed by atoms with Crippen molar-refractivity contribution in [2.24, 2.45) is 4.99 Å². The molecule has 4 nitrogen and oxygen atoms in total. The van der Waals surface area contributed by atoms with Crippen molar-refractivity contribution < 1.29 is 9.90 Å². The fourth-order valence-corrected chi connectivity index (χ4v) is 2.22. The molecule has 2 rings (SSSR count). The number of nitrogens with one attached hydrogen (secondary N) is 1. The number of aliphatic imine (C=N–C) groups is 1. The molecule has 0 saturated heterocycles. The number of para-hydroxylation sites is 1. The van der Waals surface area contributed by atoms with Gasteiger partial charge in [0.05, 0.1) is 11.3 Å². The van der Waals surface area contributed by atoms with Gasteiger partial charge in [-0.2, -0.15) is 0 Å². The smallest absolute Gasteiger partial charge is 0.337 e. The van der Waals surface area contributed by atoms with Crippen molar-refractivity contribution in [2.45, 2.75) is 32.7 Å². The summed E-state index contributed by atoms with van der Waals surface area (Å²) in [7, 11) is 0. The maximum absolute atomic E-state index is 11.2. The van der Waals surface area contributed by atoms with E-state index in [1.54, 1.807) is 12.1 Å². The minimum atomic E-state index is -0.945. The van der Waals surface area contributed by atoms with Gasteiger partial charge in [-0.3, -0.25) is 4.99 Å². The molecule has 0 radical (unpaired) electrons. The van der Waals surface area contributed by atoms with Crippen molar-refractivity contribution in [1.82, 2.24) is 0 Å². The van der Waals surface area contributed by atoms with Gasteiger partial charge in [0, 0.05) is 17.7 Å². The molecular formula is C13H16N2O2. The molecule has 1 aromatic carbocycles. The van der Waals surface area contributed by atoms with Crippen LogP contribution in [0.2, 0.25) is 0 Å². The Balaban J connectivity index is 2.62. The highest BCUT2D eigenvalue weighted by molar-refractivity contribution is 6.00. The molecule has 0 aliphatic carbocycles. The van der Waals surface area contributed by atoms with Crippen LogP contribution < -0.4 is 5.32 Å². The summed E-state index contributed by atoms with van der Waals surface area (Å²) >= 11 is 0. The van der Waals surface area contributed by atoms with Crippen LogP contribution in [0.4, 0.5) is 11.4 Å². The van der Waals surface area contributed by atoms with E-state index in [9.17, 15) is 4.79 Å². The molecule has 0 bridgehead atoms. The first-order valence-corrected chi connectivity index (χ1v) is 5.58. The number of carboxylic acid groups (broad SMARTS) is 1. The Hall–Kier alpha value is -1.84. The molecule has 0 fully saturated rings. The standard InChI is InChI=1S/C13H16N2O2/c1-8-7-13(2,3)15-10-6-4-5-9(12(16)17)11(10)14-8/h4-6,15H,7H2,1-3H3,(H,16,17). The third-order valence-electron chi connectivity index (χ3n) is 2.74. The maximum Gasteiger partial charge on any atom is 0.337 e. The average molecular weight is 232 g/mol. The molecule has 1 aliphatic heterocycles. The molecule has 0 spiro atoms. The fraction of sp³-hybridized carbons (Fsp3) is 0.385. The third-order valence-corrected chi connectivity index (χ3v) is 2.74. The van der Waals surface area contributed by atoms with E-state index >= 15 is 0 Å². The summed E-state index contributed by atoms with van der Waals surface area (Å²) in [6.45, 7) is 6.08. The highest BCUT2D eigenvalue weighted by Crippen LogP contribution is 2.35. The Morgan fingerprint density at radius 1 is 1.47 bits per heavy atom. The Labute approximate surface area is 100 Å². The monoisotopic (exact) mass is 232 g/mol. The van der Waals surface area contributed by atoms with Crippen LogP contribution in [0.1, 0.15) is 37.6 Å². The van der Waals surface area contributed by atoms with E-state index in [1.807, 2.05) is 13.0 Å². The van der Waals surface area contributed by atoms with Gasteiger partial charge in [-0.1, -0.05) is 6.07 Å². The Kier molecular flexibility index (Phi) is 2.65. The first-order chi connectivity index (χ1) is 7.89. The van der Waals surface area contributed by atoms with Crippen LogP contribution in [0, 0.1) is 0 Å². The van der Waals surface area contributed by atoms with Crippen molar-refractivity contribution in [1.29, 1.82) is 0 Å². The Morgan fingerprint density at radius 3 is 2.82 bits per heavy atom. The van der Waals surface area contributed by atoms with Crippen LogP contribution >= 0.6 is 0 Å². The summed E-state index contributed by atoms with van der Waals surface area (Å²) in [5.74, 6) is -0.945. The summed E-state index contributed by atoms with van der Waals surface area (Å²) in [5, 5.41) is 12.5. The Bertz CT molecular complexity index is 504. The first kappa shape index (κ1) is 11.6. The highest BCUT2D eigenvalue weighted by atomic mass is 16.4. The minimum absolute atomic E-state index is 0.115. The van der Waals surface area contributed by atoms with Crippen molar-refractivity contribution in [3.63, 3.8) is 0 Å². The minimum Gasteiger partial charge on any atom is -0.478 e. The molecule has 0 aromatic heterocycles. The van der Waals surface area contributed by atoms with E-state index < -0.39 is 5.97 Å². The molecule has 0 saturated carbocycles. The van der Waals surface area contributed by atoms with Crippen molar-refractivity contribution >= 4 is 23.1 Å². The van der Waals surface area contributed by atoms with Gasteiger partial charge in [0.15, 0.2) is 0 Å². The lowest BCUT2D eigenvalue weighted by molar-refractivity contribution is 0.0698. The fourth-order valence-electron chi connectivity index (χ4n) is 2.22. The number of aromatic carboxylic acids is 1. The molecule has 1 aromatic rings. The zero-order valence-corrected chi connectivity index (χ0v) is 10.2. The van der Waals surface area contributed by atoms with Crippen LogP contribution in [-0.4, -0.2) is 22.3 Å². The largest absolute Gasteiger partial charge is 0.478 e. The predicted octanol–water partition coefficient (Wildman–Crippen LogP) is 3.07. The van der Waals surface area contributed by atoms with Crippen LogP contribution in [0.15, 0.2) is 23.2 Å². The molecular weight excluding hydrogens is 216 g/mol. The topological polar surface area (TPSA) is 61.7 Å². The van der Waals surface area contributed by atoms with Gasteiger partial charge in [-0.15, -0.1) is 0 Å². The van der Waals surface area contributed by atoms with Gasteiger partial charge in [0.1, 0.15) is 5.69 Å². The molecule has 90 valence electrons. The zero-order valence-electron chi connectivity index (χ0n) is 10.2. The lowest BCUT2D eigenvalue weighted by Crippen LogP contribution is -2.31. The van der Waals surface area contributed by atoms with Crippen molar-refractivity contribution in [3.8, 4) is 0 Å². The van der Waals surface area contributed by atoms with Crippen LogP contribution in [0.5, 0.6) is 0 Å². The van der Waals surface area contributed by atoms with E-state index in [0.717, 1.165) is 17.8 Å². The number of carboxylic acids is 1. The molecule has 2 N–H and O–H groups in total. The van der Waals surface area contributed by atoms with Crippen molar-refractivity contribution in [2.75, 3.05) is 5.32 Å². The van der Waals surface area contributed by atoms with Gasteiger partial charge < -0.3 is 10.4 Å². The number of nitrogens with zero attached hydrogens (tertiary/aromatic N) is 1. The average Bonchev–Trinajstić information content (AvgIpc) is 2.29. The number of anilines is 1. The molecule has 0 amide bonds. The highest BCUT2D eigenvalue weighted by Gasteiger charge is 2.25. The normalized spacial score (nSPS) is 17.5. The van der Waals surface area contributed by atoms with Crippen LogP contribution in [0.3, 0.4) is 0 Å². The molecule has 17 heavy (non-hydrogen) atoms. The summed E-state index contributed by atoms with van der Waals surface area (Å²) in [6.07, 6.45) is 0.792. The van der Waals surface area contributed by atoms with Gasteiger partial charge in [0.2, 0.25) is 0 Å². The van der Waals surface area contributed by atoms with E-state index in [0.29, 0.717) is 5.69 Å². The summed E-state index contributed by atoms with van der Waals surface area (Å²) in [5.41, 5.74) is 2.38. The number of fused-ring (bicyclic) bond motifs is 1. The molecule has 1 aliphatic rings. The third kappa shape index (κ3) is 2.30. The van der Waals surface area contributed by atoms with Gasteiger partial charge >= 0.3 is 5.97 Å². The van der Waals surface area contributed by atoms with Gasteiger partial charge in [-0.05, 0) is 32.9 Å². The van der Waals surface area contributed by atoms with E-state index in [4.69, 9.17) is 5.11 Å². The van der Waals surface area contributed by atoms with E-state index in [-0.39, 0.29) is 11.1 Å². The lowest BCUT2D eigenvalue weighted by Gasteiger charge is -2.25. The quantitative estimate of drug-likeness (QED) is 0.782. The van der Waals surface area contributed by atoms with Crippen molar-refractivity contribution in [3.05, 3.63) is 23.8 Å². The first-order valence-electron chi connectivity index (χ1n) is 5.58. The number of benzene rings is 1. The zero-order chi connectivity index (χ0) is 12.6. The number of carbonyl (C=O) groups is 1. The van der Waals surface area contributed by atoms with E-state index in [1.165, 1.54) is 0 Å². The van der Waals surface area contributed by atoms with E-state index in [2.05, 4.69) is 24.2 Å². The SMILES string of the molecule is CC1=Nc2c(cccc2C(=O)O)NC(C)(C)C1. The second kappa shape index (κ2) is 3.87. The van der Waals surface area contributed by atoms with Crippen LogP contribution in [0.25, 0.3) is 0 Å². The second-order valence-corrected chi connectivity index (χ2v) is 5.04. The Morgan fingerprint density at radius 2 is 2.18 bits per heavy atom. The number of hydrogen-bond donors (Lipinski definition) is 2. The maximum atomic E-state index is 11.2. The second-order valence-electron chi connectivity index (χ2n) is 5.04. The summed E-state index contributed by atoms with van der Waals surface area (Å²) in [4.78, 5) is 15.6.